The molecule has 0 radical (unpaired) electrons. The van der Waals surface area contributed by atoms with Gasteiger partial charge in [0, 0.05) is 12.6 Å². The summed E-state index contributed by atoms with van der Waals surface area (Å²) in [7, 11) is 0. The fourth-order valence-electron chi connectivity index (χ4n) is 1.67. The maximum absolute atomic E-state index is 9.10. The first kappa shape index (κ1) is 13.8. The van der Waals surface area contributed by atoms with Crippen LogP contribution in [0.25, 0.3) is 0 Å². The van der Waals surface area contributed by atoms with E-state index < -0.39 is 0 Å². The normalized spacial score (nSPS) is 13.5. The fraction of sp³-hybridized carbons (Fsp3) is 0.615. The van der Waals surface area contributed by atoms with Crippen molar-refractivity contribution in [3.63, 3.8) is 0 Å². The number of aliphatic hydroxyl groups is 1. The third-order valence-corrected chi connectivity index (χ3v) is 2.94. The Balaban J connectivity index is 2.82. The highest BCUT2D eigenvalue weighted by Crippen LogP contribution is 2.25. The molecule has 0 amide bonds. The number of nitrogen functional groups attached to an aromatic ring is 1. The number of rotatable bonds is 4. The van der Waals surface area contributed by atoms with E-state index in [1.165, 1.54) is 0 Å². The Hall–Kier alpha value is -1.29. The number of aryl methyl sites for hydroxylation is 1. The summed E-state index contributed by atoms with van der Waals surface area (Å²) >= 11 is 0. The maximum atomic E-state index is 9.10. The van der Waals surface area contributed by atoms with Crippen LogP contribution in [0.15, 0.2) is 12.3 Å². The lowest BCUT2D eigenvalue weighted by molar-refractivity contribution is 0.235. The van der Waals surface area contributed by atoms with Crippen LogP contribution in [0.2, 0.25) is 0 Å². The molecule has 17 heavy (non-hydrogen) atoms. The van der Waals surface area contributed by atoms with Crippen molar-refractivity contribution in [3.8, 4) is 0 Å². The van der Waals surface area contributed by atoms with E-state index >= 15 is 0 Å². The summed E-state index contributed by atoms with van der Waals surface area (Å²) in [6.07, 6.45) is 2.37. The molecule has 1 heterocycles. The van der Waals surface area contributed by atoms with Gasteiger partial charge in [0.25, 0.3) is 0 Å². The van der Waals surface area contributed by atoms with Crippen molar-refractivity contribution >= 4 is 11.5 Å². The molecule has 0 bridgehead atoms. The quantitative estimate of drug-likeness (QED) is 0.750. The molecule has 1 atom stereocenters. The van der Waals surface area contributed by atoms with E-state index in [4.69, 9.17) is 10.8 Å². The minimum Gasteiger partial charge on any atom is -0.397 e. The Bertz CT molecular complexity index is 371. The number of pyridine rings is 1. The molecule has 96 valence electrons. The van der Waals surface area contributed by atoms with Crippen LogP contribution in [0.3, 0.4) is 0 Å². The SMILES string of the molecule is Cc1cc(NC(CCO)C(C)(C)C)ncc1N. The Labute approximate surface area is 103 Å². The topological polar surface area (TPSA) is 71.2 Å². The van der Waals surface area contributed by atoms with E-state index in [1.807, 2.05) is 13.0 Å². The zero-order valence-electron chi connectivity index (χ0n) is 11.1. The van der Waals surface area contributed by atoms with E-state index in [1.54, 1.807) is 6.20 Å². The lowest BCUT2D eigenvalue weighted by Gasteiger charge is -2.31. The molecule has 4 N–H and O–H groups in total. The molecule has 4 nitrogen and oxygen atoms in total. The first-order valence-corrected chi connectivity index (χ1v) is 5.94. The van der Waals surface area contributed by atoms with Gasteiger partial charge in [-0.05, 0) is 30.4 Å². The van der Waals surface area contributed by atoms with Gasteiger partial charge >= 0.3 is 0 Å². The lowest BCUT2D eigenvalue weighted by Crippen LogP contribution is -2.35. The second-order valence-electron chi connectivity index (χ2n) is 5.50. The molecule has 0 saturated carbocycles. The first-order valence-electron chi connectivity index (χ1n) is 5.94. The lowest BCUT2D eigenvalue weighted by atomic mass is 9.85. The molecule has 0 fully saturated rings. The smallest absolute Gasteiger partial charge is 0.126 e. The van der Waals surface area contributed by atoms with E-state index in [9.17, 15) is 0 Å². The molecule has 1 aromatic rings. The fourth-order valence-corrected chi connectivity index (χ4v) is 1.67. The highest BCUT2D eigenvalue weighted by atomic mass is 16.3. The number of hydrogen-bond acceptors (Lipinski definition) is 4. The average molecular weight is 237 g/mol. The number of aliphatic hydroxyl groups excluding tert-OH is 1. The van der Waals surface area contributed by atoms with Gasteiger partial charge in [0.1, 0.15) is 5.82 Å². The molecule has 0 spiro atoms. The second-order valence-corrected chi connectivity index (χ2v) is 5.50. The molecule has 0 aliphatic rings. The Morgan fingerprint density at radius 2 is 2.12 bits per heavy atom. The number of nitrogens with zero attached hydrogens (tertiary/aromatic N) is 1. The molecule has 0 aromatic carbocycles. The van der Waals surface area contributed by atoms with Gasteiger partial charge in [-0.1, -0.05) is 20.8 Å². The second kappa shape index (κ2) is 5.36. The van der Waals surface area contributed by atoms with Crippen LogP contribution in [-0.2, 0) is 0 Å². The molecule has 1 unspecified atom stereocenters. The van der Waals surface area contributed by atoms with Gasteiger partial charge < -0.3 is 16.2 Å². The van der Waals surface area contributed by atoms with Gasteiger partial charge in [0.2, 0.25) is 0 Å². The van der Waals surface area contributed by atoms with Gasteiger partial charge in [-0.2, -0.15) is 0 Å². The van der Waals surface area contributed by atoms with Crippen LogP contribution in [0.4, 0.5) is 11.5 Å². The standard InChI is InChI=1S/C13H23N3O/c1-9-7-12(15-8-10(9)14)16-11(5-6-17)13(2,3)4/h7-8,11,17H,5-6,14H2,1-4H3,(H,15,16). The van der Waals surface area contributed by atoms with Crippen LogP contribution in [0.5, 0.6) is 0 Å². The van der Waals surface area contributed by atoms with Crippen molar-refractivity contribution in [1.29, 1.82) is 0 Å². The highest BCUT2D eigenvalue weighted by Gasteiger charge is 2.24. The van der Waals surface area contributed by atoms with Crippen LogP contribution in [-0.4, -0.2) is 22.7 Å². The minimum atomic E-state index is 0.0691. The minimum absolute atomic E-state index is 0.0691. The van der Waals surface area contributed by atoms with Crippen LogP contribution in [0, 0.1) is 12.3 Å². The first-order chi connectivity index (χ1) is 7.84. The molecule has 0 aliphatic carbocycles. The Morgan fingerprint density at radius 1 is 1.47 bits per heavy atom. The average Bonchev–Trinajstić information content (AvgIpc) is 2.21. The number of hydrogen-bond donors (Lipinski definition) is 3. The number of nitrogens with two attached hydrogens (primary N) is 1. The third-order valence-electron chi connectivity index (χ3n) is 2.94. The van der Waals surface area contributed by atoms with Gasteiger partial charge in [-0.25, -0.2) is 4.98 Å². The van der Waals surface area contributed by atoms with Gasteiger partial charge in [-0.3, -0.25) is 0 Å². The number of nitrogens with one attached hydrogen (secondary N) is 1. The zero-order chi connectivity index (χ0) is 13.1. The molecule has 4 heteroatoms. The van der Waals surface area contributed by atoms with Crippen molar-refractivity contribution in [2.75, 3.05) is 17.7 Å². The summed E-state index contributed by atoms with van der Waals surface area (Å²) in [6, 6.07) is 2.12. The van der Waals surface area contributed by atoms with Gasteiger partial charge in [0.05, 0.1) is 11.9 Å². The Morgan fingerprint density at radius 3 is 2.59 bits per heavy atom. The van der Waals surface area contributed by atoms with Gasteiger partial charge in [-0.15, -0.1) is 0 Å². The molecule has 0 saturated heterocycles. The number of aromatic nitrogens is 1. The van der Waals surface area contributed by atoms with Crippen molar-refractivity contribution in [2.24, 2.45) is 5.41 Å². The maximum Gasteiger partial charge on any atom is 0.126 e. The van der Waals surface area contributed by atoms with Crippen LogP contribution in [0.1, 0.15) is 32.8 Å². The predicted molar refractivity (Wildman–Crippen MR) is 72.0 cm³/mol. The van der Waals surface area contributed by atoms with E-state index in [-0.39, 0.29) is 18.1 Å². The third kappa shape index (κ3) is 3.89. The summed E-state index contributed by atoms with van der Waals surface area (Å²) in [5.74, 6) is 0.810. The van der Waals surface area contributed by atoms with E-state index in [0.717, 1.165) is 11.4 Å². The van der Waals surface area contributed by atoms with Crippen molar-refractivity contribution in [3.05, 3.63) is 17.8 Å². The summed E-state index contributed by atoms with van der Waals surface area (Å²) in [5.41, 5.74) is 7.52. The van der Waals surface area contributed by atoms with Crippen LogP contribution < -0.4 is 11.1 Å². The molecular formula is C13H23N3O. The van der Waals surface area contributed by atoms with E-state index in [0.29, 0.717) is 12.1 Å². The molecule has 0 aliphatic heterocycles. The molecule has 1 aromatic heterocycles. The number of anilines is 2. The molecular weight excluding hydrogens is 214 g/mol. The molecule has 1 rings (SSSR count). The summed E-state index contributed by atoms with van der Waals surface area (Å²) < 4.78 is 0. The van der Waals surface area contributed by atoms with Crippen molar-refractivity contribution in [1.82, 2.24) is 4.98 Å². The van der Waals surface area contributed by atoms with Gasteiger partial charge in [0.15, 0.2) is 0 Å². The van der Waals surface area contributed by atoms with Crippen LogP contribution >= 0.6 is 0 Å². The largest absolute Gasteiger partial charge is 0.397 e. The predicted octanol–water partition coefficient (Wildman–Crippen LogP) is 2.18. The Kier molecular flexibility index (Phi) is 4.34. The summed E-state index contributed by atoms with van der Waals surface area (Å²) in [6.45, 7) is 8.56. The van der Waals surface area contributed by atoms with Crippen molar-refractivity contribution in [2.45, 2.75) is 40.2 Å². The monoisotopic (exact) mass is 237 g/mol. The zero-order valence-corrected chi connectivity index (χ0v) is 11.1. The van der Waals surface area contributed by atoms with E-state index in [2.05, 4.69) is 31.1 Å². The summed E-state index contributed by atoms with van der Waals surface area (Å²) in [5, 5.41) is 12.5. The summed E-state index contributed by atoms with van der Waals surface area (Å²) in [4.78, 5) is 4.26. The highest BCUT2D eigenvalue weighted by molar-refractivity contribution is 5.51. The van der Waals surface area contributed by atoms with Crippen molar-refractivity contribution < 1.29 is 5.11 Å².